The van der Waals surface area contributed by atoms with Crippen LogP contribution in [0.3, 0.4) is 0 Å². The van der Waals surface area contributed by atoms with Crippen LogP contribution in [0.4, 0.5) is 5.13 Å². The van der Waals surface area contributed by atoms with Crippen molar-refractivity contribution in [1.82, 2.24) is 20.3 Å². The molecule has 1 aromatic carbocycles. The maximum atomic E-state index is 6.37. The van der Waals surface area contributed by atoms with Gasteiger partial charge in [0.05, 0.1) is 0 Å². The van der Waals surface area contributed by atoms with E-state index < -0.39 is 0 Å². The molecule has 1 fully saturated rings. The fourth-order valence-electron chi connectivity index (χ4n) is 2.76. The van der Waals surface area contributed by atoms with Crippen molar-refractivity contribution in [2.75, 3.05) is 18.4 Å². The summed E-state index contributed by atoms with van der Waals surface area (Å²) in [5.74, 6) is 0.812. The Morgan fingerprint density at radius 1 is 1.16 bits per heavy atom. The number of hydrogen-bond donors (Lipinski definition) is 2. The first-order valence-corrected chi connectivity index (χ1v) is 10.4. The first-order valence-electron chi connectivity index (χ1n) is 8.26. The number of thioether (sulfide) groups is 1. The van der Waals surface area contributed by atoms with Gasteiger partial charge in [-0.2, -0.15) is 4.98 Å². The highest BCUT2D eigenvalue weighted by atomic mass is 35.5. The number of hydrogen-bond acceptors (Lipinski definition) is 7. The van der Waals surface area contributed by atoms with Gasteiger partial charge in [-0.3, -0.25) is 0 Å². The van der Waals surface area contributed by atoms with Crippen LogP contribution < -0.4 is 10.6 Å². The molecule has 8 heteroatoms. The number of aromatic nitrogens is 3. The SMILES string of the molecule is Clc1nc(SCc2ccccc2)nc2nc(NC3CCNCC3)sc12. The molecule has 0 saturated carbocycles. The van der Waals surface area contributed by atoms with Crippen LogP contribution >= 0.6 is 34.7 Å². The van der Waals surface area contributed by atoms with Gasteiger partial charge in [-0.1, -0.05) is 65.0 Å². The quantitative estimate of drug-likeness (QED) is 0.386. The minimum atomic E-state index is 0.459. The average Bonchev–Trinajstić information content (AvgIpc) is 3.05. The maximum absolute atomic E-state index is 6.37. The molecule has 2 aromatic heterocycles. The van der Waals surface area contributed by atoms with Crippen LogP contribution in [0.15, 0.2) is 35.5 Å². The average molecular weight is 392 g/mol. The van der Waals surface area contributed by atoms with Crippen molar-refractivity contribution in [3.05, 3.63) is 41.0 Å². The largest absolute Gasteiger partial charge is 0.359 e. The molecule has 0 amide bonds. The number of nitrogens with zero attached hydrogens (tertiary/aromatic N) is 3. The topological polar surface area (TPSA) is 62.7 Å². The van der Waals surface area contributed by atoms with Gasteiger partial charge in [-0.15, -0.1) is 0 Å². The monoisotopic (exact) mass is 391 g/mol. The first-order chi connectivity index (χ1) is 12.3. The Morgan fingerprint density at radius 3 is 2.76 bits per heavy atom. The fourth-order valence-corrected chi connectivity index (χ4v) is 4.75. The molecule has 3 aromatic rings. The number of thiazole rings is 1. The molecule has 25 heavy (non-hydrogen) atoms. The number of piperidine rings is 1. The second kappa shape index (κ2) is 7.86. The van der Waals surface area contributed by atoms with E-state index >= 15 is 0 Å². The van der Waals surface area contributed by atoms with Crippen molar-refractivity contribution < 1.29 is 0 Å². The third-order valence-electron chi connectivity index (χ3n) is 4.07. The van der Waals surface area contributed by atoms with Crippen LogP contribution in [-0.2, 0) is 5.75 Å². The predicted molar refractivity (Wildman–Crippen MR) is 106 cm³/mol. The molecule has 3 heterocycles. The molecule has 0 spiro atoms. The highest BCUT2D eigenvalue weighted by Gasteiger charge is 2.17. The molecule has 0 aliphatic carbocycles. The summed E-state index contributed by atoms with van der Waals surface area (Å²) < 4.78 is 0.849. The maximum Gasteiger partial charge on any atom is 0.191 e. The van der Waals surface area contributed by atoms with Gasteiger partial charge in [-0.25, -0.2) is 9.97 Å². The van der Waals surface area contributed by atoms with E-state index in [2.05, 4.69) is 37.7 Å². The highest BCUT2D eigenvalue weighted by Crippen LogP contribution is 2.33. The Bertz CT molecular complexity index is 849. The van der Waals surface area contributed by atoms with Crippen LogP contribution in [0.5, 0.6) is 0 Å². The van der Waals surface area contributed by atoms with Crippen LogP contribution in [0.1, 0.15) is 18.4 Å². The minimum absolute atomic E-state index is 0.459. The molecular formula is C17H18ClN5S2. The van der Waals surface area contributed by atoms with Crippen LogP contribution in [0.25, 0.3) is 10.3 Å². The van der Waals surface area contributed by atoms with Crippen molar-refractivity contribution in [1.29, 1.82) is 0 Å². The summed E-state index contributed by atoms with van der Waals surface area (Å²) in [5, 5.41) is 8.90. The molecule has 1 saturated heterocycles. The first kappa shape index (κ1) is 17.0. The molecule has 1 aliphatic rings. The third kappa shape index (κ3) is 4.23. The predicted octanol–water partition coefficient (Wildman–Crippen LogP) is 4.20. The van der Waals surface area contributed by atoms with Crippen LogP contribution in [-0.4, -0.2) is 34.1 Å². The normalized spacial score (nSPS) is 15.6. The Kier molecular flexibility index (Phi) is 5.36. The van der Waals surface area contributed by atoms with Crippen molar-refractivity contribution in [2.24, 2.45) is 0 Å². The van der Waals surface area contributed by atoms with Crippen molar-refractivity contribution in [3.63, 3.8) is 0 Å². The van der Waals surface area contributed by atoms with E-state index in [-0.39, 0.29) is 0 Å². The van der Waals surface area contributed by atoms with Gasteiger partial charge >= 0.3 is 0 Å². The lowest BCUT2D eigenvalue weighted by Crippen LogP contribution is -2.35. The summed E-state index contributed by atoms with van der Waals surface area (Å²) in [5.41, 5.74) is 1.91. The zero-order chi connectivity index (χ0) is 17.1. The van der Waals surface area contributed by atoms with Gasteiger partial charge < -0.3 is 10.6 Å². The lowest BCUT2D eigenvalue weighted by molar-refractivity contribution is 0.479. The fraction of sp³-hybridized carbons (Fsp3) is 0.353. The zero-order valence-corrected chi connectivity index (χ0v) is 15.9. The number of anilines is 1. The number of benzene rings is 1. The second-order valence-electron chi connectivity index (χ2n) is 5.91. The van der Waals surface area contributed by atoms with Crippen molar-refractivity contribution >= 4 is 50.2 Å². The third-order valence-corrected chi connectivity index (χ3v) is 6.36. The molecule has 2 N–H and O–H groups in total. The van der Waals surface area contributed by atoms with Crippen molar-refractivity contribution in [3.8, 4) is 0 Å². The van der Waals surface area contributed by atoms with Crippen molar-refractivity contribution in [2.45, 2.75) is 29.8 Å². The summed E-state index contributed by atoms with van der Waals surface area (Å²) >= 11 is 9.48. The van der Waals surface area contributed by atoms with Gasteiger partial charge in [0.25, 0.3) is 0 Å². The number of rotatable bonds is 5. The van der Waals surface area contributed by atoms with Gasteiger partial charge in [0.1, 0.15) is 4.70 Å². The molecule has 0 bridgehead atoms. The van der Waals surface area contributed by atoms with E-state index in [0.29, 0.717) is 22.0 Å². The molecule has 0 radical (unpaired) electrons. The van der Waals surface area contributed by atoms with E-state index in [1.807, 2.05) is 18.2 Å². The van der Waals surface area contributed by atoms with E-state index in [4.69, 9.17) is 11.6 Å². The Labute approximate surface area is 159 Å². The van der Waals surface area contributed by atoms with E-state index in [1.165, 1.54) is 16.9 Å². The summed E-state index contributed by atoms with van der Waals surface area (Å²) in [6, 6.07) is 10.7. The van der Waals surface area contributed by atoms with Gasteiger partial charge in [-0.05, 0) is 31.5 Å². The van der Waals surface area contributed by atoms with Crippen LogP contribution in [0.2, 0.25) is 5.15 Å². The second-order valence-corrected chi connectivity index (χ2v) is 8.21. The number of nitrogens with one attached hydrogen (secondary N) is 2. The lowest BCUT2D eigenvalue weighted by Gasteiger charge is -2.23. The number of halogens is 1. The molecule has 130 valence electrons. The molecule has 0 unspecified atom stereocenters. The molecule has 0 atom stereocenters. The summed E-state index contributed by atoms with van der Waals surface area (Å²) in [7, 11) is 0. The Morgan fingerprint density at radius 2 is 1.96 bits per heavy atom. The number of fused-ring (bicyclic) bond motifs is 1. The zero-order valence-electron chi connectivity index (χ0n) is 13.5. The van der Waals surface area contributed by atoms with Gasteiger partial charge in [0.15, 0.2) is 21.1 Å². The molecule has 4 rings (SSSR count). The van der Waals surface area contributed by atoms with E-state index in [9.17, 15) is 0 Å². The van der Waals surface area contributed by atoms with Gasteiger partial charge in [0, 0.05) is 11.8 Å². The van der Waals surface area contributed by atoms with E-state index in [1.54, 1.807) is 11.8 Å². The standard InChI is InChI=1S/C17H18ClN5S2/c18-14-13-15(23-17(25-13)20-12-6-8-19-9-7-12)22-16(21-14)24-10-11-4-2-1-3-5-11/h1-5,12,19H,6-10H2,(H,20,21,22,23). The molecular weight excluding hydrogens is 374 g/mol. The lowest BCUT2D eigenvalue weighted by atomic mass is 10.1. The molecule has 5 nitrogen and oxygen atoms in total. The smallest absolute Gasteiger partial charge is 0.191 e. The summed E-state index contributed by atoms with van der Waals surface area (Å²) in [6.07, 6.45) is 2.21. The van der Waals surface area contributed by atoms with E-state index in [0.717, 1.165) is 41.5 Å². The van der Waals surface area contributed by atoms with Gasteiger partial charge in [0.2, 0.25) is 0 Å². The minimum Gasteiger partial charge on any atom is -0.359 e. The molecule has 1 aliphatic heterocycles. The van der Waals surface area contributed by atoms with Crippen LogP contribution in [0, 0.1) is 0 Å². The highest BCUT2D eigenvalue weighted by molar-refractivity contribution is 7.98. The Balaban J connectivity index is 1.50. The Hall–Kier alpha value is -1.41. The summed E-state index contributed by atoms with van der Waals surface area (Å²) in [4.78, 5) is 13.6. The summed E-state index contributed by atoms with van der Waals surface area (Å²) in [6.45, 7) is 2.09.